The molecular formula is C10H12BrN3O. The van der Waals surface area contributed by atoms with Gasteiger partial charge in [0.2, 0.25) is 5.91 Å². The summed E-state index contributed by atoms with van der Waals surface area (Å²) in [6.07, 6.45) is 4.42. The molecule has 0 spiro atoms. The third kappa shape index (κ3) is 2.35. The lowest BCUT2D eigenvalue weighted by Crippen LogP contribution is -2.54. The van der Waals surface area contributed by atoms with Crippen molar-refractivity contribution in [3.05, 3.63) is 28.5 Å². The molecule has 1 saturated heterocycles. The van der Waals surface area contributed by atoms with E-state index in [9.17, 15) is 4.79 Å². The van der Waals surface area contributed by atoms with E-state index >= 15 is 0 Å². The summed E-state index contributed by atoms with van der Waals surface area (Å²) in [4.78, 5) is 17.1. The van der Waals surface area contributed by atoms with Crippen LogP contribution in [0.5, 0.6) is 0 Å². The predicted molar refractivity (Wildman–Crippen MR) is 59.9 cm³/mol. The molecule has 80 valence electrons. The maximum atomic E-state index is 11.0. The Kier molecular flexibility index (Phi) is 3.02. The third-order valence-electron chi connectivity index (χ3n) is 2.61. The molecule has 2 heterocycles. The minimum absolute atomic E-state index is 0.0935. The molecule has 2 rings (SSSR count). The summed E-state index contributed by atoms with van der Waals surface area (Å²) in [6, 6.07) is 1.91. The van der Waals surface area contributed by atoms with Crippen molar-refractivity contribution in [2.24, 2.45) is 5.73 Å². The summed E-state index contributed by atoms with van der Waals surface area (Å²) in [5, 5.41) is 0. The van der Waals surface area contributed by atoms with Crippen LogP contribution in [0.4, 0.5) is 0 Å². The van der Waals surface area contributed by atoms with E-state index in [2.05, 4.69) is 25.8 Å². The van der Waals surface area contributed by atoms with E-state index in [1.54, 1.807) is 12.4 Å². The molecule has 2 N–H and O–H groups in total. The maximum absolute atomic E-state index is 11.0. The van der Waals surface area contributed by atoms with Gasteiger partial charge in [-0.05, 0) is 34.0 Å². The Morgan fingerprint density at radius 3 is 3.00 bits per heavy atom. The number of aromatic nitrogens is 1. The molecule has 0 aromatic carbocycles. The topological polar surface area (TPSA) is 59.2 Å². The number of likely N-dealkylation sites (tertiary alicyclic amines) is 1. The van der Waals surface area contributed by atoms with Crippen LogP contribution in [-0.2, 0) is 11.3 Å². The Morgan fingerprint density at radius 1 is 1.67 bits per heavy atom. The van der Waals surface area contributed by atoms with Crippen LogP contribution in [-0.4, -0.2) is 28.4 Å². The molecule has 1 aromatic heterocycles. The second-order valence-corrected chi connectivity index (χ2v) is 4.60. The van der Waals surface area contributed by atoms with Crippen molar-refractivity contribution in [2.45, 2.75) is 19.0 Å². The first-order chi connectivity index (χ1) is 7.16. The van der Waals surface area contributed by atoms with Crippen LogP contribution in [0.25, 0.3) is 0 Å². The number of halogens is 1. The molecule has 1 aromatic rings. The highest BCUT2D eigenvalue weighted by molar-refractivity contribution is 9.10. The fourth-order valence-corrected chi connectivity index (χ4v) is 2.14. The van der Waals surface area contributed by atoms with Gasteiger partial charge in [0.1, 0.15) is 0 Å². The smallest absolute Gasteiger partial charge is 0.234 e. The van der Waals surface area contributed by atoms with Gasteiger partial charge in [-0.1, -0.05) is 0 Å². The molecule has 15 heavy (non-hydrogen) atoms. The van der Waals surface area contributed by atoms with E-state index in [-0.39, 0.29) is 11.9 Å². The lowest BCUT2D eigenvalue weighted by molar-refractivity contribution is -0.127. The summed E-state index contributed by atoms with van der Waals surface area (Å²) in [5.74, 6) is -0.232. The number of primary amides is 1. The molecule has 1 amide bonds. The molecule has 5 heteroatoms. The number of nitrogens with two attached hydrogens (primary N) is 1. The van der Waals surface area contributed by atoms with Crippen LogP contribution in [0, 0.1) is 0 Å². The average Bonchev–Trinajstić information content (AvgIpc) is 2.11. The number of hydrogen-bond donors (Lipinski definition) is 1. The summed E-state index contributed by atoms with van der Waals surface area (Å²) >= 11 is 3.36. The summed E-state index contributed by atoms with van der Waals surface area (Å²) in [7, 11) is 0. The number of carbonyl (C=O) groups excluding carboxylic acids is 1. The van der Waals surface area contributed by atoms with Crippen LogP contribution in [0.15, 0.2) is 22.9 Å². The largest absolute Gasteiger partial charge is 0.368 e. The van der Waals surface area contributed by atoms with Crippen molar-refractivity contribution in [1.82, 2.24) is 9.88 Å². The van der Waals surface area contributed by atoms with Gasteiger partial charge in [-0.3, -0.25) is 14.7 Å². The predicted octanol–water partition coefficient (Wildman–Crippen LogP) is 0.904. The first-order valence-electron chi connectivity index (χ1n) is 4.79. The number of amides is 1. The summed E-state index contributed by atoms with van der Waals surface area (Å²) in [6.45, 7) is 1.67. The summed E-state index contributed by atoms with van der Waals surface area (Å²) in [5.41, 5.74) is 6.36. The van der Waals surface area contributed by atoms with Crippen molar-refractivity contribution >= 4 is 21.8 Å². The maximum Gasteiger partial charge on any atom is 0.234 e. The van der Waals surface area contributed by atoms with Gasteiger partial charge < -0.3 is 5.73 Å². The highest BCUT2D eigenvalue weighted by Gasteiger charge is 2.32. The second-order valence-electron chi connectivity index (χ2n) is 3.69. The van der Waals surface area contributed by atoms with Gasteiger partial charge in [0, 0.05) is 30.0 Å². The molecule has 0 saturated carbocycles. The van der Waals surface area contributed by atoms with Crippen LogP contribution in [0.1, 0.15) is 12.0 Å². The van der Waals surface area contributed by atoms with Crippen LogP contribution in [0.2, 0.25) is 0 Å². The molecule has 1 unspecified atom stereocenters. The first kappa shape index (κ1) is 10.6. The molecule has 1 aliphatic rings. The Bertz CT molecular complexity index is 383. The highest BCUT2D eigenvalue weighted by Crippen LogP contribution is 2.20. The number of pyridine rings is 1. The minimum atomic E-state index is -0.232. The monoisotopic (exact) mass is 269 g/mol. The zero-order chi connectivity index (χ0) is 10.8. The Labute approximate surface area is 96.6 Å². The third-order valence-corrected chi connectivity index (χ3v) is 3.04. The Morgan fingerprint density at radius 2 is 2.47 bits per heavy atom. The average molecular weight is 270 g/mol. The zero-order valence-corrected chi connectivity index (χ0v) is 9.77. The van der Waals surface area contributed by atoms with Gasteiger partial charge in [-0.2, -0.15) is 0 Å². The van der Waals surface area contributed by atoms with Crippen molar-refractivity contribution in [3.8, 4) is 0 Å². The quantitative estimate of drug-likeness (QED) is 0.887. The highest BCUT2D eigenvalue weighted by atomic mass is 79.9. The Hall–Kier alpha value is -0.940. The normalized spacial score (nSPS) is 21.0. The fraction of sp³-hybridized carbons (Fsp3) is 0.400. The van der Waals surface area contributed by atoms with Crippen molar-refractivity contribution in [3.63, 3.8) is 0 Å². The van der Waals surface area contributed by atoms with Gasteiger partial charge >= 0.3 is 0 Å². The molecule has 0 radical (unpaired) electrons. The Balaban J connectivity index is 2.00. The standard InChI is InChI=1S/C10H12BrN3O/c11-8-3-7(4-13-5-8)6-14-2-1-9(14)10(12)15/h3-5,9H,1-2,6H2,(H2,12,15). The van der Waals surface area contributed by atoms with Crippen molar-refractivity contribution < 1.29 is 4.79 Å². The number of rotatable bonds is 3. The van der Waals surface area contributed by atoms with E-state index in [0.29, 0.717) is 0 Å². The van der Waals surface area contributed by atoms with Gasteiger partial charge in [0.05, 0.1) is 6.04 Å². The van der Waals surface area contributed by atoms with Crippen LogP contribution < -0.4 is 5.73 Å². The first-order valence-corrected chi connectivity index (χ1v) is 5.59. The van der Waals surface area contributed by atoms with E-state index in [4.69, 9.17) is 5.73 Å². The second kappa shape index (κ2) is 4.28. The number of nitrogens with zero attached hydrogens (tertiary/aromatic N) is 2. The van der Waals surface area contributed by atoms with Crippen LogP contribution in [0.3, 0.4) is 0 Å². The zero-order valence-electron chi connectivity index (χ0n) is 8.19. The van der Waals surface area contributed by atoms with E-state index in [1.807, 2.05) is 6.07 Å². The SMILES string of the molecule is NC(=O)C1CCN1Cc1cncc(Br)c1. The van der Waals surface area contributed by atoms with Gasteiger partial charge in [0.15, 0.2) is 0 Å². The lowest BCUT2D eigenvalue weighted by Gasteiger charge is -2.38. The molecule has 1 fully saturated rings. The number of hydrogen-bond acceptors (Lipinski definition) is 3. The minimum Gasteiger partial charge on any atom is -0.368 e. The van der Waals surface area contributed by atoms with E-state index < -0.39 is 0 Å². The summed E-state index contributed by atoms with van der Waals surface area (Å²) < 4.78 is 0.955. The molecule has 4 nitrogen and oxygen atoms in total. The molecule has 1 aliphatic heterocycles. The molecule has 0 bridgehead atoms. The molecule has 0 aliphatic carbocycles. The van der Waals surface area contributed by atoms with Crippen molar-refractivity contribution in [2.75, 3.05) is 6.54 Å². The fourth-order valence-electron chi connectivity index (χ4n) is 1.73. The van der Waals surface area contributed by atoms with Gasteiger partial charge in [-0.25, -0.2) is 0 Å². The van der Waals surface area contributed by atoms with Gasteiger partial charge in [0.25, 0.3) is 0 Å². The number of carbonyl (C=O) groups is 1. The lowest BCUT2D eigenvalue weighted by atomic mass is 10.0. The van der Waals surface area contributed by atoms with Crippen molar-refractivity contribution in [1.29, 1.82) is 0 Å². The van der Waals surface area contributed by atoms with E-state index in [0.717, 1.165) is 29.5 Å². The van der Waals surface area contributed by atoms with E-state index in [1.165, 1.54) is 0 Å². The molecule has 1 atom stereocenters. The van der Waals surface area contributed by atoms with Gasteiger partial charge in [-0.15, -0.1) is 0 Å². The van der Waals surface area contributed by atoms with Crippen LogP contribution >= 0.6 is 15.9 Å². The molecular weight excluding hydrogens is 258 g/mol.